The molecule has 4 nitrogen and oxygen atoms in total. The monoisotopic (exact) mass is 411 g/mol. The molecule has 0 aromatic rings. The number of carbonyl (C=O) groups excluding carboxylic acids is 1. The average molecular weight is 412 g/mol. The molecule has 1 saturated heterocycles. The zero-order valence-corrected chi connectivity index (χ0v) is 18.9. The Kier molecular flexibility index (Phi) is 8.55. The lowest BCUT2D eigenvalue weighted by Gasteiger charge is -2.40. The van der Waals surface area contributed by atoms with Crippen molar-refractivity contribution in [1.82, 2.24) is 4.90 Å². The highest BCUT2D eigenvalue weighted by Crippen LogP contribution is 2.49. The van der Waals surface area contributed by atoms with Crippen LogP contribution in [0.1, 0.15) is 84.5 Å². The normalized spacial score (nSPS) is 34.9. The standard InChI is InChI=1S/C23H41NO3S/c1-3-24(22(26)16-27-21-12-11-18(2)15-20(21)25)17-23(13-8-14-28-23)19-9-6-4-5-7-10-19/h18-21,25H,3-17H2,1-2H3/t18?,20-,21?,23?/m0/s1. The van der Waals surface area contributed by atoms with Gasteiger partial charge in [-0.05, 0) is 69.5 Å². The predicted octanol–water partition coefficient (Wildman–Crippen LogP) is 4.64. The first-order chi connectivity index (χ1) is 13.5. The van der Waals surface area contributed by atoms with Gasteiger partial charge in [0.25, 0.3) is 0 Å². The summed E-state index contributed by atoms with van der Waals surface area (Å²) in [6.07, 6.45) is 12.8. The van der Waals surface area contributed by atoms with Crippen LogP contribution >= 0.6 is 11.8 Å². The van der Waals surface area contributed by atoms with Crippen LogP contribution in [0.15, 0.2) is 0 Å². The molecule has 28 heavy (non-hydrogen) atoms. The molecular weight excluding hydrogens is 370 g/mol. The SMILES string of the molecule is CCN(CC1(C2CCCCCC2)CCCS1)C(=O)COC1CCC(C)C[C@@H]1O. The van der Waals surface area contributed by atoms with Gasteiger partial charge >= 0.3 is 0 Å². The molecule has 0 spiro atoms. The average Bonchev–Trinajstić information content (AvgIpc) is 2.98. The van der Waals surface area contributed by atoms with E-state index in [2.05, 4.69) is 25.6 Å². The number of amides is 1. The second-order valence-electron chi connectivity index (χ2n) is 9.45. The van der Waals surface area contributed by atoms with Crippen LogP contribution in [0, 0.1) is 11.8 Å². The first-order valence-electron chi connectivity index (χ1n) is 11.8. The van der Waals surface area contributed by atoms with Crippen LogP contribution in [0.5, 0.6) is 0 Å². The molecule has 5 heteroatoms. The van der Waals surface area contributed by atoms with Gasteiger partial charge in [0.2, 0.25) is 5.91 Å². The quantitative estimate of drug-likeness (QED) is 0.620. The summed E-state index contributed by atoms with van der Waals surface area (Å²) in [5.41, 5.74) is 0. The van der Waals surface area contributed by atoms with Gasteiger partial charge in [-0.2, -0.15) is 11.8 Å². The van der Waals surface area contributed by atoms with E-state index in [1.807, 2.05) is 4.90 Å². The van der Waals surface area contributed by atoms with Crippen LogP contribution in [0.2, 0.25) is 0 Å². The van der Waals surface area contributed by atoms with Crippen LogP contribution in [0.25, 0.3) is 0 Å². The van der Waals surface area contributed by atoms with Crippen molar-refractivity contribution >= 4 is 17.7 Å². The first-order valence-corrected chi connectivity index (χ1v) is 12.7. The molecule has 3 unspecified atom stereocenters. The van der Waals surface area contributed by atoms with Crippen molar-refractivity contribution in [3.63, 3.8) is 0 Å². The predicted molar refractivity (Wildman–Crippen MR) is 117 cm³/mol. The van der Waals surface area contributed by atoms with E-state index in [1.54, 1.807) is 0 Å². The van der Waals surface area contributed by atoms with Crippen molar-refractivity contribution in [1.29, 1.82) is 0 Å². The maximum Gasteiger partial charge on any atom is 0.248 e. The third-order valence-corrected chi connectivity index (χ3v) is 9.10. The lowest BCUT2D eigenvalue weighted by Crippen LogP contribution is -2.48. The first kappa shape index (κ1) is 22.4. The number of thioether (sulfide) groups is 1. The van der Waals surface area contributed by atoms with Gasteiger partial charge in [0, 0.05) is 17.8 Å². The fourth-order valence-electron chi connectivity index (χ4n) is 5.59. The topological polar surface area (TPSA) is 49.8 Å². The van der Waals surface area contributed by atoms with Crippen molar-refractivity contribution in [3.8, 4) is 0 Å². The van der Waals surface area contributed by atoms with Gasteiger partial charge < -0.3 is 14.7 Å². The molecule has 2 aliphatic carbocycles. The molecule has 2 saturated carbocycles. The van der Waals surface area contributed by atoms with Gasteiger partial charge in [0.1, 0.15) is 6.61 Å². The highest BCUT2D eigenvalue weighted by Gasteiger charge is 2.43. The summed E-state index contributed by atoms with van der Waals surface area (Å²) in [5.74, 6) is 2.66. The number of carbonyl (C=O) groups is 1. The summed E-state index contributed by atoms with van der Waals surface area (Å²) in [6.45, 7) is 6.02. The molecular formula is C23H41NO3S. The molecule has 0 aromatic heterocycles. The van der Waals surface area contributed by atoms with E-state index in [1.165, 1.54) is 57.1 Å². The number of aliphatic hydroxyl groups is 1. The van der Waals surface area contributed by atoms with Crippen molar-refractivity contribution in [2.75, 3.05) is 25.4 Å². The zero-order valence-electron chi connectivity index (χ0n) is 18.0. The summed E-state index contributed by atoms with van der Waals surface area (Å²) < 4.78 is 6.16. The molecule has 4 atom stereocenters. The number of hydrogen-bond donors (Lipinski definition) is 1. The molecule has 0 bridgehead atoms. The molecule has 1 aliphatic heterocycles. The van der Waals surface area contributed by atoms with Gasteiger partial charge in [-0.3, -0.25) is 4.79 Å². The van der Waals surface area contributed by atoms with E-state index in [0.717, 1.165) is 38.3 Å². The second-order valence-corrected chi connectivity index (χ2v) is 11.0. The molecule has 0 aromatic carbocycles. The van der Waals surface area contributed by atoms with Gasteiger partial charge in [0.15, 0.2) is 0 Å². The van der Waals surface area contributed by atoms with Crippen LogP contribution in [-0.2, 0) is 9.53 Å². The lowest BCUT2D eigenvalue weighted by atomic mass is 9.82. The summed E-state index contributed by atoms with van der Waals surface area (Å²) in [5, 5.41) is 10.3. The summed E-state index contributed by atoms with van der Waals surface area (Å²) >= 11 is 2.14. The van der Waals surface area contributed by atoms with E-state index in [-0.39, 0.29) is 23.4 Å². The zero-order chi connectivity index (χ0) is 20.0. The van der Waals surface area contributed by atoms with Crippen LogP contribution < -0.4 is 0 Å². The largest absolute Gasteiger partial charge is 0.390 e. The fraction of sp³-hybridized carbons (Fsp3) is 0.957. The minimum atomic E-state index is -0.422. The van der Waals surface area contributed by atoms with E-state index < -0.39 is 6.10 Å². The third-order valence-electron chi connectivity index (χ3n) is 7.36. The van der Waals surface area contributed by atoms with E-state index in [9.17, 15) is 9.90 Å². The Morgan fingerprint density at radius 2 is 1.89 bits per heavy atom. The number of nitrogens with zero attached hydrogens (tertiary/aromatic N) is 1. The highest BCUT2D eigenvalue weighted by molar-refractivity contribution is 8.00. The smallest absolute Gasteiger partial charge is 0.248 e. The van der Waals surface area contributed by atoms with E-state index >= 15 is 0 Å². The van der Waals surface area contributed by atoms with Crippen molar-refractivity contribution in [2.45, 2.75) is 101 Å². The third kappa shape index (κ3) is 5.66. The second kappa shape index (κ2) is 10.7. The van der Waals surface area contributed by atoms with E-state index in [0.29, 0.717) is 5.92 Å². The van der Waals surface area contributed by atoms with Gasteiger partial charge in [-0.15, -0.1) is 0 Å². The number of rotatable bonds is 7. The maximum absolute atomic E-state index is 13.0. The Labute approximate surface area is 176 Å². The molecule has 1 N–H and O–H groups in total. The highest BCUT2D eigenvalue weighted by atomic mass is 32.2. The molecule has 3 rings (SSSR count). The Bertz CT molecular complexity index is 486. The van der Waals surface area contributed by atoms with Gasteiger partial charge in [0.05, 0.1) is 12.2 Å². The molecule has 1 amide bonds. The van der Waals surface area contributed by atoms with Gasteiger partial charge in [-0.25, -0.2) is 0 Å². The number of hydrogen-bond acceptors (Lipinski definition) is 4. The molecule has 3 aliphatic rings. The Morgan fingerprint density at radius 3 is 2.50 bits per heavy atom. The number of aliphatic hydroxyl groups excluding tert-OH is 1. The van der Waals surface area contributed by atoms with Crippen molar-refractivity contribution in [2.24, 2.45) is 11.8 Å². The summed E-state index contributed by atoms with van der Waals surface area (Å²) in [6, 6.07) is 0. The molecule has 3 fully saturated rings. The summed E-state index contributed by atoms with van der Waals surface area (Å²) in [4.78, 5) is 15.0. The lowest BCUT2D eigenvalue weighted by molar-refractivity contribution is -0.143. The summed E-state index contributed by atoms with van der Waals surface area (Å²) in [7, 11) is 0. The minimum Gasteiger partial charge on any atom is -0.390 e. The Balaban J connectivity index is 1.57. The van der Waals surface area contributed by atoms with Gasteiger partial charge in [-0.1, -0.05) is 32.6 Å². The van der Waals surface area contributed by atoms with Crippen molar-refractivity contribution < 1.29 is 14.6 Å². The number of likely N-dealkylation sites (N-methyl/N-ethyl adjacent to an activating group) is 1. The Hall–Kier alpha value is -0.260. The fourth-order valence-corrected chi connectivity index (χ4v) is 7.29. The molecule has 0 radical (unpaired) electrons. The van der Waals surface area contributed by atoms with Crippen LogP contribution in [-0.4, -0.2) is 58.3 Å². The van der Waals surface area contributed by atoms with Crippen LogP contribution in [0.3, 0.4) is 0 Å². The Morgan fingerprint density at radius 1 is 1.14 bits per heavy atom. The van der Waals surface area contributed by atoms with Crippen LogP contribution in [0.4, 0.5) is 0 Å². The molecule has 162 valence electrons. The minimum absolute atomic E-state index is 0.105. The van der Waals surface area contributed by atoms with Crippen molar-refractivity contribution in [3.05, 3.63) is 0 Å². The van der Waals surface area contributed by atoms with E-state index in [4.69, 9.17) is 4.74 Å². The molecule has 1 heterocycles. The number of ether oxygens (including phenoxy) is 1. The maximum atomic E-state index is 13.0.